The average Bonchev–Trinajstić information content (AvgIpc) is 2.15. The molecule has 1 rings (SSSR count). The molecule has 1 radical (unpaired) electrons. The van der Waals surface area contributed by atoms with Crippen LogP contribution in [-0.4, -0.2) is 13.0 Å². The van der Waals surface area contributed by atoms with Gasteiger partial charge in [0.1, 0.15) is 5.75 Å². The summed E-state index contributed by atoms with van der Waals surface area (Å²) in [5.74, 6) is 0.479. The molecule has 0 saturated carbocycles. The molecule has 3 nitrogen and oxygen atoms in total. The van der Waals surface area contributed by atoms with Crippen LogP contribution in [0.5, 0.6) is 5.75 Å². The predicted molar refractivity (Wildman–Crippen MR) is 50.2 cm³/mol. The van der Waals surface area contributed by atoms with Crippen LogP contribution in [0.3, 0.4) is 0 Å². The molecule has 1 amide bonds. The van der Waals surface area contributed by atoms with Crippen molar-refractivity contribution in [3.05, 3.63) is 36.2 Å². The van der Waals surface area contributed by atoms with E-state index in [2.05, 4.69) is 0 Å². The van der Waals surface area contributed by atoms with Gasteiger partial charge in [0.2, 0.25) is 5.91 Å². The number of hydrogen-bond acceptors (Lipinski definition) is 2. The number of nitrogens with two attached hydrogens (primary N) is 1. The van der Waals surface area contributed by atoms with Crippen molar-refractivity contribution in [3.8, 4) is 5.75 Å². The third kappa shape index (κ3) is 3.15. The molecular weight excluding hydrogens is 166 g/mol. The summed E-state index contributed by atoms with van der Waals surface area (Å²) in [5, 5.41) is 0. The van der Waals surface area contributed by atoms with Crippen molar-refractivity contribution in [2.24, 2.45) is 5.73 Å². The maximum absolute atomic E-state index is 10.5. The molecule has 13 heavy (non-hydrogen) atoms. The van der Waals surface area contributed by atoms with Gasteiger partial charge in [-0.3, -0.25) is 4.79 Å². The number of amides is 1. The fraction of sp³-hybridized carbons (Fsp3) is 0.200. The summed E-state index contributed by atoms with van der Waals surface area (Å²) < 4.78 is 4.99. The van der Waals surface area contributed by atoms with Gasteiger partial charge in [0.05, 0.1) is 7.11 Å². The first kappa shape index (κ1) is 9.58. The summed E-state index contributed by atoms with van der Waals surface area (Å²) in [6, 6.07) is 7.43. The first-order valence-electron chi connectivity index (χ1n) is 3.98. The number of primary amides is 1. The second-order valence-electron chi connectivity index (χ2n) is 2.65. The Kier molecular flexibility index (Phi) is 3.31. The Morgan fingerprint density at radius 1 is 1.46 bits per heavy atom. The normalized spacial score (nSPS) is 9.62. The highest BCUT2D eigenvalue weighted by Gasteiger charge is 1.97. The van der Waals surface area contributed by atoms with Crippen LogP contribution in [-0.2, 0) is 4.79 Å². The zero-order valence-corrected chi connectivity index (χ0v) is 7.49. The van der Waals surface area contributed by atoms with Crippen LogP contribution in [0.25, 0.3) is 0 Å². The van der Waals surface area contributed by atoms with Gasteiger partial charge < -0.3 is 10.5 Å². The molecular formula is C10H12NO2. The van der Waals surface area contributed by atoms with E-state index in [1.807, 2.05) is 24.3 Å². The smallest absolute Gasteiger partial charge is 0.218 e. The minimum Gasteiger partial charge on any atom is -0.497 e. The van der Waals surface area contributed by atoms with E-state index in [0.29, 0.717) is 0 Å². The van der Waals surface area contributed by atoms with Crippen LogP contribution in [0.2, 0.25) is 0 Å². The van der Waals surface area contributed by atoms with Gasteiger partial charge >= 0.3 is 0 Å². The molecule has 2 N–H and O–H groups in total. The highest BCUT2D eigenvalue weighted by molar-refractivity contribution is 5.75. The Hall–Kier alpha value is -1.51. The van der Waals surface area contributed by atoms with Gasteiger partial charge in [-0.25, -0.2) is 0 Å². The Morgan fingerprint density at radius 3 is 2.54 bits per heavy atom. The average molecular weight is 178 g/mol. The second kappa shape index (κ2) is 4.50. The van der Waals surface area contributed by atoms with Crippen molar-refractivity contribution < 1.29 is 9.53 Å². The lowest BCUT2D eigenvalue weighted by Crippen LogP contribution is -2.10. The molecule has 0 aliphatic heterocycles. The van der Waals surface area contributed by atoms with Gasteiger partial charge in [-0.15, -0.1) is 0 Å². The van der Waals surface area contributed by atoms with E-state index in [9.17, 15) is 4.79 Å². The Morgan fingerprint density at radius 2 is 2.08 bits per heavy atom. The van der Waals surface area contributed by atoms with Crippen molar-refractivity contribution in [1.29, 1.82) is 0 Å². The third-order valence-electron chi connectivity index (χ3n) is 1.65. The molecule has 0 aliphatic carbocycles. The van der Waals surface area contributed by atoms with Crippen LogP contribution in [0, 0.1) is 6.42 Å². The minimum absolute atomic E-state index is 0.270. The first-order valence-corrected chi connectivity index (χ1v) is 3.98. The highest BCUT2D eigenvalue weighted by Crippen LogP contribution is 2.13. The minimum atomic E-state index is -0.323. The largest absolute Gasteiger partial charge is 0.497 e. The van der Waals surface area contributed by atoms with Crippen molar-refractivity contribution in [2.45, 2.75) is 6.42 Å². The molecule has 0 aliphatic rings. The standard InChI is InChI=1S/C10H12NO2/c1-13-9-5-2-8(3-6-9)4-7-10(11)12/h2-6H,7H2,1H3,(H2,11,12). The highest BCUT2D eigenvalue weighted by atomic mass is 16.5. The summed E-state index contributed by atoms with van der Waals surface area (Å²) >= 11 is 0. The van der Waals surface area contributed by atoms with Crippen LogP contribution in [0.15, 0.2) is 24.3 Å². The van der Waals surface area contributed by atoms with Crippen LogP contribution >= 0.6 is 0 Å². The molecule has 0 heterocycles. The maximum atomic E-state index is 10.5. The van der Waals surface area contributed by atoms with Gasteiger partial charge in [-0.1, -0.05) is 12.1 Å². The van der Waals surface area contributed by atoms with E-state index in [4.69, 9.17) is 10.5 Å². The van der Waals surface area contributed by atoms with E-state index in [1.54, 1.807) is 13.5 Å². The predicted octanol–water partition coefficient (Wildman–Crippen LogP) is 1.12. The summed E-state index contributed by atoms with van der Waals surface area (Å²) in [6.45, 7) is 0. The zero-order chi connectivity index (χ0) is 9.68. The molecule has 0 fully saturated rings. The van der Waals surface area contributed by atoms with E-state index in [0.717, 1.165) is 11.3 Å². The lowest BCUT2D eigenvalue weighted by atomic mass is 10.1. The molecule has 0 spiro atoms. The van der Waals surface area contributed by atoms with E-state index in [-0.39, 0.29) is 12.3 Å². The molecule has 3 heteroatoms. The number of carbonyl (C=O) groups is 1. The number of hydrogen-bond donors (Lipinski definition) is 1. The lowest BCUT2D eigenvalue weighted by molar-refractivity contribution is -0.117. The molecule has 69 valence electrons. The fourth-order valence-electron chi connectivity index (χ4n) is 0.958. The zero-order valence-electron chi connectivity index (χ0n) is 7.49. The molecule has 0 bridgehead atoms. The number of ether oxygens (including phenoxy) is 1. The van der Waals surface area contributed by atoms with Gasteiger partial charge in [0.25, 0.3) is 0 Å². The number of rotatable bonds is 4. The second-order valence-corrected chi connectivity index (χ2v) is 2.65. The molecule has 0 saturated heterocycles. The number of benzene rings is 1. The summed E-state index contributed by atoms with van der Waals surface area (Å²) in [4.78, 5) is 10.5. The lowest BCUT2D eigenvalue weighted by Gasteiger charge is -2.01. The van der Waals surface area contributed by atoms with Crippen molar-refractivity contribution in [1.82, 2.24) is 0 Å². The van der Waals surface area contributed by atoms with Gasteiger partial charge in [0.15, 0.2) is 0 Å². The summed E-state index contributed by atoms with van der Waals surface area (Å²) in [7, 11) is 1.61. The molecule has 1 aromatic carbocycles. The molecule has 1 aromatic rings. The Labute approximate surface area is 77.5 Å². The first-order chi connectivity index (χ1) is 6.22. The molecule has 0 unspecified atom stereocenters. The number of methoxy groups -OCH3 is 1. The van der Waals surface area contributed by atoms with E-state index in [1.165, 1.54) is 0 Å². The Balaban J connectivity index is 2.54. The fourth-order valence-corrected chi connectivity index (χ4v) is 0.958. The van der Waals surface area contributed by atoms with Crippen LogP contribution in [0.1, 0.15) is 12.0 Å². The molecule has 0 atom stereocenters. The van der Waals surface area contributed by atoms with Gasteiger partial charge in [-0.2, -0.15) is 0 Å². The summed E-state index contributed by atoms with van der Waals surface area (Å²) in [5.41, 5.74) is 5.97. The van der Waals surface area contributed by atoms with Crippen LogP contribution in [0.4, 0.5) is 0 Å². The monoisotopic (exact) mass is 178 g/mol. The van der Waals surface area contributed by atoms with Crippen molar-refractivity contribution in [2.75, 3.05) is 7.11 Å². The summed E-state index contributed by atoms with van der Waals surface area (Å²) in [6.07, 6.45) is 2.05. The topological polar surface area (TPSA) is 52.3 Å². The quantitative estimate of drug-likeness (QED) is 0.751. The SMILES string of the molecule is COc1ccc([CH]CC(N)=O)cc1. The van der Waals surface area contributed by atoms with E-state index >= 15 is 0 Å². The van der Waals surface area contributed by atoms with Crippen LogP contribution < -0.4 is 10.5 Å². The Bertz CT molecular complexity index is 279. The van der Waals surface area contributed by atoms with Gasteiger partial charge in [-0.05, 0) is 24.1 Å². The molecule has 0 aromatic heterocycles. The van der Waals surface area contributed by atoms with Crippen molar-refractivity contribution >= 4 is 5.91 Å². The van der Waals surface area contributed by atoms with Gasteiger partial charge in [0, 0.05) is 6.42 Å². The maximum Gasteiger partial charge on any atom is 0.218 e. The number of carbonyl (C=O) groups excluding carboxylic acids is 1. The third-order valence-corrected chi connectivity index (χ3v) is 1.65. The van der Waals surface area contributed by atoms with Crippen molar-refractivity contribution in [3.63, 3.8) is 0 Å². The van der Waals surface area contributed by atoms with E-state index < -0.39 is 0 Å².